The van der Waals surface area contributed by atoms with Crippen LogP contribution in [-0.4, -0.2) is 54.5 Å². The zero-order valence-corrected chi connectivity index (χ0v) is 16.9. The van der Waals surface area contributed by atoms with Crippen molar-refractivity contribution < 1.29 is 13.6 Å². The molecule has 1 aliphatic rings. The van der Waals surface area contributed by atoms with Gasteiger partial charge in [-0.2, -0.15) is 0 Å². The number of fused-ring (bicyclic) bond motifs is 1. The molecule has 4 rings (SSSR count). The molecule has 30 heavy (non-hydrogen) atoms. The molecule has 1 saturated carbocycles. The van der Waals surface area contributed by atoms with Crippen LogP contribution in [0.5, 0.6) is 0 Å². The summed E-state index contributed by atoms with van der Waals surface area (Å²) >= 11 is 0. The molecule has 3 N–H and O–H groups in total. The maximum absolute atomic E-state index is 13.1. The topological polar surface area (TPSA) is 101 Å². The van der Waals surface area contributed by atoms with Gasteiger partial charge in [0.05, 0.1) is 16.6 Å². The quantitative estimate of drug-likeness (QED) is 0.573. The fraction of sp³-hybridized carbons (Fsp3) is 0.500. The highest BCUT2D eigenvalue weighted by atomic mass is 19.3. The van der Waals surface area contributed by atoms with Gasteiger partial charge in [0.1, 0.15) is 6.33 Å². The predicted octanol–water partition coefficient (Wildman–Crippen LogP) is 2.82. The van der Waals surface area contributed by atoms with Crippen LogP contribution in [0.4, 0.5) is 8.78 Å². The summed E-state index contributed by atoms with van der Waals surface area (Å²) in [6.07, 6.45) is 7.08. The number of nitrogens with zero attached hydrogens (tertiary/aromatic N) is 4. The molecular formula is C20H25F2N7O. The first-order chi connectivity index (χ1) is 14.3. The Morgan fingerprint density at radius 3 is 2.63 bits per heavy atom. The number of hydrogen-bond acceptors (Lipinski definition) is 5. The van der Waals surface area contributed by atoms with Crippen molar-refractivity contribution in [2.24, 2.45) is 0 Å². The third-order valence-electron chi connectivity index (χ3n) is 5.53. The summed E-state index contributed by atoms with van der Waals surface area (Å²) < 4.78 is 27.8. The van der Waals surface area contributed by atoms with Crippen LogP contribution in [0.3, 0.4) is 0 Å². The van der Waals surface area contributed by atoms with Crippen LogP contribution in [0, 0.1) is 0 Å². The first-order valence-corrected chi connectivity index (χ1v) is 10.0. The number of amides is 1. The molecule has 0 bridgehead atoms. The van der Waals surface area contributed by atoms with E-state index in [4.69, 9.17) is 0 Å². The largest absolute Gasteiger partial charge is 0.358 e. The number of nitrogens with one attached hydrogen (secondary N) is 3. The molecule has 0 saturated heterocycles. The third kappa shape index (κ3) is 4.18. The Balaban J connectivity index is 1.44. The lowest BCUT2D eigenvalue weighted by molar-refractivity contribution is 0.0394. The summed E-state index contributed by atoms with van der Waals surface area (Å²) in [5.41, 5.74) is 0.268. The van der Waals surface area contributed by atoms with Crippen LogP contribution in [0.15, 0.2) is 31.0 Å². The van der Waals surface area contributed by atoms with Crippen LogP contribution in [-0.2, 0) is 0 Å². The molecule has 3 aromatic heterocycles. The zero-order valence-electron chi connectivity index (χ0n) is 16.9. The van der Waals surface area contributed by atoms with Gasteiger partial charge >= 0.3 is 0 Å². The highest BCUT2D eigenvalue weighted by Gasteiger charge is 2.33. The van der Waals surface area contributed by atoms with Gasteiger partial charge in [-0.1, -0.05) is 0 Å². The summed E-state index contributed by atoms with van der Waals surface area (Å²) in [7, 11) is 0. The molecule has 1 amide bonds. The Bertz CT molecular complexity index is 1010. The number of rotatable bonds is 6. The lowest BCUT2D eigenvalue weighted by Gasteiger charge is -2.35. The number of hydrogen-bond donors (Lipinski definition) is 3. The summed E-state index contributed by atoms with van der Waals surface area (Å²) in [6, 6.07) is 1.78. The van der Waals surface area contributed by atoms with E-state index >= 15 is 0 Å². The van der Waals surface area contributed by atoms with Crippen molar-refractivity contribution in [2.75, 3.05) is 0 Å². The molecule has 8 nitrogen and oxygen atoms in total. The van der Waals surface area contributed by atoms with Gasteiger partial charge in [-0.05, 0) is 45.6 Å². The molecule has 1 fully saturated rings. The van der Waals surface area contributed by atoms with E-state index in [0.29, 0.717) is 17.0 Å². The fourth-order valence-corrected chi connectivity index (χ4v) is 3.81. The van der Waals surface area contributed by atoms with Crippen molar-refractivity contribution >= 4 is 16.9 Å². The Kier molecular flexibility index (Phi) is 5.50. The van der Waals surface area contributed by atoms with Gasteiger partial charge < -0.3 is 15.6 Å². The van der Waals surface area contributed by atoms with Crippen molar-refractivity contribution in [3.05, 3.63) is 36.7 Å². The zero-order chi connectivity index (χ0) is 21.3. The SMILES string of the molecule is CC(C)(NC1CCC(NC(=O)c2nc(-n3ccnc3)nc3cc[nH]c23)CC1)C(F)F. The molecule has 1 aliphatic carbocycles. The highest BCUT2D eigenvalue weighted by molar-refractivity contribution is 6.03. The van der Waals surface area contributed by atoms with Gasteiger partial charge in [0.25, 0.3) is 12.3 Å². The van der Waals surface area contributed by atoms with Crippen LogP contribution in [0.2, 0.25) is 0 Å². The molecule has 0 aliphatic heterocycles. The third-order valence-corrected chi connectivity index (χ3v) is 5.53. The standard InChI is InChI=1S/C20H25F2N7O/c1-20(2,18(21)22)28-13-5-3-12(4-6-13)25-17(30)16-15-14(7-8-24-15)26-19(27-16)29-10-9-23-11-29/h7-13,18,24,28H,3-6H2,1-2H3,(H,25,30). The van der Waals surface area contributed by atoms with E-state index in [1.54, 1.807) is 35.6 Å². The maximum Gasteiger partial charge on any atom is 0.272 e. The summed E-state index contributed by atoms with van der Waals surface area (Å²) in [4.78, 5) is 28.9. The number of alkyl halides is 2. The van der Waals surface area contributed by atoms with E-state index in [1.807, 2.05) is 0 Å². The minimum Gasteiger partial charge on any atom is -0.358 e. The number of carbonyl (C=O) groups is 1. The molecule has 3 aromatic rings. The Labute approximate surface area is 172 Å². The van der Waals surface area contributed by atoms with Crippen molar-refractivity contribution in [3.63, 3.8) is 0 Å². The molecule has 0 spiro atoms. The molecule has 0 aromatic carbocycles. The normalized spacial score (nSPS) is 20.0. The van der Waals surface area contributed by atoms with E-state index in [-0.39, 0.29) is 23.7 Å². The second kappa shape index (κ2) is 8.10. The highest BCUT2D eigenvalue weighted by Crippen LogP contribution is 2.24. The summed E-state index contributed by atoms with van der Waals surface area (Å²) in [5, 5.41) is 6.09. The van der Waals surface area contributed by atoms with Crippen LogP contribution >= 0.6 is 0 Å². The fourth-order valence-electron chi connectivity index (χ4n) is 3.81. The Hall–Kier alpha value is -2.88. The average molecular weight is 417 g/mol. The minimum absolute atomic E-state index is 0.0177. The van der Waals surface area contributed by atoms with Crippen LogP contribution in [0.1, 0.15) is 50.0 Å². The number of carbonyl (C=O) groups excluding carboxylic acids is 1. The molecular weight excluding hydrogens is 392 g/mol. The van der Waals surface area contributed by atoms with Gasteiger partial charge in [0.2, 0.25) is 5.95 Å². The number of imidazole rings is 1. The van der Waals surface area contributed by atoms with E-state index in [2.05, 4.69) is 30.6 Å². The van der Waals surface area contributed by atoms with E-state index < -0.39 is 12.0 Å². The molecule has 0 atom stereocenters. The average Bonchev–Trinajstić information content (AvgIpc) is 3.40. The summed E-state index contributed by atoms with van der Waals surface area (Å²) in [5.74, 6) is 0.0856. The molecule has 3 heterocycles. The first kappa shape index (κ1) is 20.4. The van der Waals surface area contributed by atoms with Crippen molar-refractivity contribution in [1.82, 2.24) is 35.1 Å². The molecule has 10 heteroatoms. The smallest absolute Gasteiger partial charge is 0.272 e. The molecule has 160 valence electrons. The maximum atomic E-state index is 13.1. The number of aromatic nitrogens is 5. The van der Waals surface area contributed by atoms with Crippen molar-refractivity contribution in [3.8, 4) is 5.95 Å². The van der Waals surface area contributed by atoms with Gasteiger partial charge in [0, 0.05) is 30.7 Å². The lowest BCUT2D eigenvalue weighted by atomic mass is 9.89. The molecule has 0 radical (unpaired) electrons. The van der Waals surface area contributed by atoms with Crippen molar-refractivity contribution in [1.29, 1.82) is 0 Å². The van der Waals surface area contributed by atoms with Crippen LogP contribution in [0.25, 0.3) is 17.0 Å². The summed E-state index contributed by atoms with van der Waals surface area (Å²) in [6.45, 7) is 3.03. The second-order valence-corrected chi connectivity index (χ2v) is 8.27. The van der Waals surface area contributed by atoms with Gasteiger partial charge in [0.15, 0.2) is 5.69 Å². The van der Waals surface area contributed by atoms with Gasteiger partial charge in [-0.15, -0.1) is 0 Å². The monoisotopic (exact) mass is 417 g/mol. The molecule has 0 unspecified atom stereocenters. The van der Waals surface area contributed by atoms with E-state index in [0.717, 1.165) is 25.7 Å². The van der Waals surface area contributed by atoms with Crippen LogP contribution < -0.4 is 10.6 Å². The number of halogens is 2. The van der Waals surface area contributed by atoms with Gasteiger partial charge in [-0.3, -0.25) is 9.36 Å². The van der Waals surface area contributed by atoms with Gasteiger partial charge in [-0.25, -0.2) is 23.7 Å². The second-order valence-electron chi connectivity index (χ2n) is 8.27. The lowest BCUT2D eigenvalue weighted by Crippen LogP contribution is -2.53. The minimum atomic E-state index is -2.43. The Morgan fingerprint density at radius 1 is 1.23 bits per heavy atom. The first-order valence-electron chi connectivity index (χ1n) is 10.0. The van der Waals surface area contributed by atoms with E-state index in [9.17, 15) is 13.6 Å². The predicted molar refractivity (Wildman–Crippen MR) is 108 cm³/mol. The number of aromatic amines is 1. The van der Waals surface area contributed by atoms with E-state index in [1.165, 1.54) is 13.8 Å². The number of H-pyrrole nitrogens is 1. The van der Waals surface area contributed by atoms with Crippen molar-refractivity contribution in [2.45, 2.75) is 63.6 Å². The Morgan fingerprint density at radius 2 is 1.97 bits per heavy atom.